The molecular weight excluding hydrogens is 126 g/mol. The lowest BCUT2D eigenvalue weighted by Gasteiger charge is -2.69. The molecule has 0 spiro atoms. The van der Waals surface area contributed by atoms with E-state index in [0.29, 0.717) is 5.41 Å². The Morgan fingerprint density at radius 3 is 2.30 bits per heavy atom. The van der Waals surface area contributed by atoms with Crippen LogP contribution in [0.15, 0.2) is 0 Å². The van der Waals surface area contributed by atoms with Gasteiger partial charge in [0.15, 0.2) is 0 Å². The number of carbonyl (C=O) groups excluding carboxylic acids is 1. The molecule has 3 saturated carbocycles. The summed E-state index contributed by atoms with van der Waals surface area (Å²) in [5.41, 5.74) is 5.76. The van der Waals surface area contributed by atoms with Crippen LogP contribution in [0.4, 0.5) is 0 Å². The summed E-state index contributed by atoms with van der Waals surface area (Å²) in [6.45, 7) is 2.20. The van der Waals surface area contributed by atoms with Crippen LogP contribution in [0.25, 0.3) is 0 Å². The van der Waals surface area contributed by atoms with Crippen molar-refractivity contribution in [1.82, 2.24) is 0 Å². The van der Waals surface area contributed by atoms with Crippen LogP contribution in [0.1, 0.15) is 32.6 Å². The predicted octanol–water partition coefficient (Wildman–Crippen LogP) is 1.05. The lowest BCUT2D eigenvalue weighted by molar-refractivity contribution is -0.205. The number of nitrogens with two attached hydrogens (primary N) is 1. The van der Waals surface area contributed by atoms with E-state index in [4.69, 9.17) is 5.73 Å². The number of primary amides is 1. The number of hydrogen-bond donors (Lipinski definition) is 1. The maximum atomic E-state index is 10.8. The summed E-state index contributed by atoms with van der Waals surface area (Å²) in [5, 5.41) is 0. The predicted molar refractivity (Wildman–Crippen MR) is 38.2 cm³/mol. The lowest BCUT2D eigenvalue weighted by atomic mass is 9.34. The zero-order valence-corrected chi connectivity index (χ0v) is 6.31. The van der Waals surface area contributed by atoms with Gasteiger partial charge in [0.2, 0.25) is 5.91 Å². The van der Waals surface area contributed by atoms with Gasteiger partial charge >= 0.3 is 0 Å². The van der Waals surface area contributed by atoms with Crippen molar-refractivity contribution in [1.29, 1.82) is 0 Å². The Morgan fingerprint density at radius 1 is 1.50 bits per heavy atom. The summed E-state index contributed by atoms with van der Waals surface area (Å²) in [7, 11) is 0. The van der Waals surface area contributed by atoms with E-state index in [1.807, 2.05) is 0 Å². The van der Waals surface area contributed by atoms with E-state index in [2.05, 4.69) is 6.92 Å². The highest BCUT2D eigenvalue weighted by atomic mass is 16.1. The van der Waals surface area contributed by atoms with Crippen LogP contribution in [0.5, 0.6) is 0 Å². The van der Waals surface area contributed by atoms with Crippen molar-refractivity contribution < 1.29 is 4.79 Å². The Labute approximate surface area is 60.8 Å². The van der Waals surface area contributed by atoms with E-state index in [1.54, 1.807) is 0 Å². The van der Waals surface area contributed by atoms with Gasteiger partial charge < -0.3 is 5.73 Å². The third-order valence-electron chi connectivity index (χ3n) is 3.41. The van der Waals surface area contributed by atoms with E-state index in [1.165, 1.54) is 6.42 Å². The molecule has 0 heterocycles. The van der Waals surface area contributed by atoms with E-state index in [0.717, 1.165) is 19.3 Å². The molecule has 0 aromatic carbocycles. The summed E-state index contributed by atoms with van der Waals surface area (Å²) in [6.07, 6.45) is 4.45. The second-order valence-electron chi connectivity index (χ2n) is 4.03. The first-order valence-corrected chi connectivity index (χ1v) is 3.92. The van der Waals surface area contributed by atoms with Crippen molar-refractivity contribution in [3.63, 3.8) is 0 Å². The van der Waals surface area contributed by atoms with Gasteiger partial charge in [0.1, 0.15) is 0 Å². The Bertz CT molecular complexity index is 178. The summed E-state index contributed by atoms with van der Waals surface area (Å²) in [5.74, 6) is -0.0668. The van der Waals surface area contributed by atoms with Crippen molar-refractivity contribution in [2.24, 2.45) is 16.6 Å². The fraction of sp³-hybridized carbons (Fsp3) is 0.875. The first kappa shape index (κ1) is 6.20. The zero-order chi connectivity index (χ0) is 7.41. The molecule has 3 rings (SSSR count). The van der Waals surface area contributed by atoms with Gasteiger partial charge in [-0.3, -0.25) is 4.79 Å². The second-order valence-corrected chi connectivity index (χ2v) is 4.03. The topological polar surface area (TPSA) is 43.1 Å². The molecule has 2 nitrogen and oxygen atoms in total. The molecule has 0 saturated heterocycles. The molecule has 3 aliphatic carbocycles. The van der Waals surface area contributed by atoms with Crippen LogP contribution in [0, 0.1) is 10.8 Å². The SMILES string of the molecule is CCC12CC(C(N)=O)(C1)C2. The van der Waals surface area contributed by atoms with E-state index >= 15 is 0 Å². The largest absolute Gasteiger partial charge is 0.369 e. The van der Waals surface area contributed by atoms with E-state index < -0.39 is 0 Å². The van der Waals surface area contributed by atoms with Gasteiger partial charge in [0.25, 0.3) is 0 Å². The highest BCUT2D eigenvalue weighted by Crippen LogP contribution is 2.74. The number of hydrogen-bond acceptors (Lipinski definition) is 1. The number of carbonyl (C=O) groups is 1. The van der Waals surface area contributed by atoms with Crippen molar-refractivity contribution >= 4 is 5.91 Å². The Hall–Kier alpha value is -0.530. The number of amides is 1. The molecule has 2 bridgehead atoms. The Balaban J connectivity index is 2.04. The molecule has 0 unspecified atom stereocenters. The quantitative estimate of drug-likeness (QED) is 0.610. The van der Waals surface area contributed by atoms with Gasteiger partial charge in [-0.25, -0.2) is 0 Å². The van der Waals surface area contributed by atoms with Gasteiger partial charge in [-0.2, -0.15) is 0 Å². The van der Waals surface area contributed by atoms with Gasteiger partial charge in [0.05, 0.1) is 5.41 Å². The fourth-order valence-electron chi connectivity index (χ4n) is 2.63. The molecule has 0 aromatic rings. The molecule has 3 fully saturated rings. The fourth-order valence-corrected chi connectivity index (χ4v) is 2.63. The van der Waals surface area contributed by atoms with Crippen LogP contribution in [0.2, 0.25) is 0 Å². The van der Waals surface area contributed by atoms with Crippen LogP contribution in [-0.2, 0) is 4.79 Å². The lowest BCUT2D eigenvalue weighted by Crippen LogP contribution is -2.66. The molecule has 0 aliphatic heterocycles. The maximum Gasteiger partial charge on any atom is 0.223 e. The standard InChI is InChI=1S/C8H13NO/c1-2-7-3-8(4-7,5-7)6(9)10/h2-5H2,1H3,(H2,9,10). The zero-order valence-electron chi connectivity index (χ0n) is 6.31. The van der Waals surface area contributed by atoms with Crippen LogP contribution >= 0.6 is 0 Å². The first-order valence-electron chi connectivity index (χ1n) is 3.92. The normalized spacial score (nSPS) is 49.3. The molecular formula is C8H13NO. The highest BCUT2D eigenvalue weighted by molar-refractivity contribution is 5.84. The van der Waals surface area contributed by atoms with E-state index in [-0.39, 0.29) is 11.3 Å². The molecule has 3 aliphatic rings. The molecule has 2 N–H and O–H groups in total. The highest BCUT2D eigenvalue weighted by Gasteiger charge is 2.69. The third-order valence-corrected chi connectivity index (χ3v) is 3.41. The van der Waals surface area contributed by atoms with Gasteiger partial charge in [-0.15, -0.1) is 0 Å². The smallest absolute Gasteiger partial charge is 0.223 e. The van der Waals surface area contributed by atoms with Crippen LogP contribution < -0.4 is 5.73 Å². The minimum absolute atomic E-state index is 0.0317. The van der Waals surface area contributed by atoms with Gasteiger partial charge in [-0.05, 0) is 24.7 Å². The van der Waals surface area contributed by atoms with Gasteiger partial charge in [-0.1, -0.05) is 13.3 Å². The summed E-state index contributed by atoms with van der Waals surface area (Å²) >= 11 is 0. The minimum Gasteiger partial charge on any atom is -0.369 e. The van der Waals surface area contributed by atoms with E-state index in [9.17, 15) is 4.79 Å². The van der Waals surface area contributed by atoms with Crippen molar-refractivity contribution in [2.75, 3.05) is 0 Å². The maximum absolute atomic E-state index is 10.8. The minimum atomic E-state index is -0.0668. The third kappa shape index (κ3) is 0.446. The monoisotopic (exact) mass is 139 g/mol. The molecule has 10 heavy (non-hydrogen) atoms. The summed E-state index contributed by atoms with van der Waals surface area (Å²) < 4.78 is 0. The van der Waals surface area contributed by atoms with Crippen molar-refractivity contribution in [3.8, 4) is 0 Å². The van der Waals surface area contributed by atoms with Crippen LogP contribution in [-0.4, -0.2) is 5.91 Å². The summed E-state index contributed by atoms with van der Waals surface area (Å²) in [6, 6.07) is 0. The molecule has 0 aromatic heterocycles. The number of rotatable bonds is 2. The molecule has 0 radical (unpaired) electrons. The molecule has 0 atom stereocenters. The Kier molecular flexibility index (Phi) is 0.859. The van der Waals surface area contributed by atoms with Gasteiger partial charge in [0, 0.05) is 0 Å². The second kappa shape index (κ2) is 1.39. The first-order chi connectivity index (χ1) is 4.63. The molecule has 56 valence electrons. The average Bonchev–Trinajstić information content (AvgIpc) is 1.57. The average molecular weight is 139 g/mol. The van der Waals surface area contributed by atoms with Crippen molar-refractivity contribution in [3.05, 3.63) is 0 Å². The van der Waals surface area contributed by atoms with Crippen LogP contribution in [0.3, 0.4) is 0 Å². The Morgan fingerprint density at radius 2 is 2.00 bits per heavy atom. The summed E-state index contributed by atoms with van der Waals surface area (Å²) in [4.78, 5) is 10.8. The van der Waals surface area contributed by atoms with Crippen molar-refractivity contribution in [2.45, 2.75) is 32.6 Å². The molecule has 1 amide bonds. The molecule has 2 heteroatoms.